The van der Waals surface area contributed by atoms with Gasteiger partial charge < -0.3 is 9.47 Å². The quantitative estimate of drug-likeness (QED) is 0.194. The average molecular weight is 531 g/mol. The Morgan fingerprint density at radius 2 is 0.974 bits per heavy atom. The standard InChI is InChI=1S/C35H46O4/c1-19(2)23-11-13-25(21(5)6)29(17-23)38-33(36)31-27-15-16-28(35(27,9)10)32(31)34(37)39-30-18-24(20(3)4)12-14-26(30)22(7)8/h11-22,27-28,31-32H,1-10H3. The number of rotatable bonds is 8. The molecule has 4 rings (SSSR count). The van der Waals surface area contributed by atoms with Crippen LogP contribution in [0, 0.1) is 29.1 Å². The molecule has 210 valence electrons. The smallest absolute Gasteiger partial charge is 0.315 e. The molecule has 4 atom stereocenters. The number of hydrogen-bond acceptors (Lipinski definition) is 4. The summed E-state index contributed by atoms with van der Waals surface area (Å²) in [5.41, 5.74) is 4.00. The lowest BCUT2D eigenvalue weighted by atomic mass is 9.79. The first kappa shape index (κ1) is 29.1. The molecule has 0 amide bonds. The van der Waals surface area contributed by atoms with Crippen LogP contribution in [0.15, 0.2) is 48.6 Å². The molecule has 1 saturated carbocycles. The lowest BCUT2D eigenvalue weighted by Crippen LogP contribution is -2.38. The molecule has 39 heavy (non-hydrogen) atoms. The van der Waals surface area contributed by atoms with E-state index in [9.17, 15) is 9.59 Å². The third-order valence-corrected chi connectivity index (χ3v) is 9.02. The topological polar surface area (TPSA) is 52.6 Å². The highest BCUT2D eigenvalue weighted by atomic mass is 16.5. The fraction of sp³-hybridized carbons (Fsp3) is 0.543. The van der Waals surface area contributed by atoms with E-state index in [1.54, 1.807) is 0 Å². The lowest BCUT2D eigenvalue weighted by Gasteiger charge is -2.26. The summed E-state index contributed by atoms with van der Waals surface area (Å²) in [5.74, 6) is 0.179. The molecule has 0 heterocycles. The third-order valence-electron chi connectivity index (χ3n) is 9.02. The van der Waals surface area contributed by atoms with E-state index in [1.165, 1.54) is 0 Å². The lowest BCUT2D eigenvalue weighted by molar-refractivity contribution is -0.151. The predicted molar refractivity (Wildman–Crippen MR) is 157 cm³/mol. The van der Waals surface area contributed by atoms with Crippen molar-refractivity contribution in [1.82, 2.24) is 0 Å². The van der Waals surface area contributed by atoms with Crippen LogP contribution in [-0.4, -0.2) is 11.9 Å². The molecule has 4 unspecified atom stereocenters. The van der Waals surface area contributed by atoms with Gasteiger partial charge in [-0.05, 0) is 75.3 Å². The molecule has 1 fully saturated rings. The summed E-state index contributed by atoms with van der Waals surface area (Å²) in [7, 11) is 0. The number of carbonyl (C=O) groups excluding carboxylic acids is 2. The van der Waals surface area contributed by atoms with Crippen molar-refractivity contribution < 1.29 is 19.1 Å². The van der Waals surface area contributed by atoms with Gasteiger partial charge in [0, 0.05) is 0 Å². The van der Waals surface area contributed by atoms with Gasteiger partial charge in [0.2, 0.25) is 0 Å². The van der Waals surface area contributed by atoms with E-state index in [1.807, 2.05) is 12.1 Å². The SMILES string of the molecule is CC(C)c1ccc(C(C)C)c(OC(=O)C2C(C(=O)Oc3cc(C(C)C)ccc3C(C)C)C3C=CC2C3(C)C)c1. The van der Waals surface area contributed by atoms with Crippen LogP contribution < -0.4 is 9.47 Å². The third kappa shape index (κ3) is 5.44. The summed E-state index contributed by atoms with van der Waals surface area (Å²) in [6.45, 7) is 21.2. The molecule has 2 aliphatic carbocycles. The Bertz CT molecular complexity index is 1170. The van der Waals surface area contributed by atoms with Crippen LogP contribution in [-0.2, 0) is 9.59 Å². The van der Waals surface area contributed by atoms with Gasteiger partial charge >= 0.3 is 11.9 Å². The van der Waals surface area contributed by atoms with Gasteiger partial charge in [-0.3, -0.25) is 9.59 Å². The van der Waals surface area contributed by atoms with Gasteiger partial charge in [-0.2, -0.15) is 0 Å². The summed E-state index contributed by atoms with van der Waals surface area (Å²) in [4.78, 5) is 27.9. The van der Waals surface area contributed by atoms with E-state index in [0.29, 0.717) is 23.3 Å². The molecular weight excluding hydrogens is 484 g/mol. The molecule has 4 nitrogen and oxygen atoms in total. The van der Waals surface area contributed by atoms with E-state index in [0.717, 1.165) is 22.3 Å². The molecule has 0 spiro atoms. The number of hydrogen-bond donors (Lipinski definition) is 0. The van der Waals surface area contributed by atoms with E-state index in [-0.39, 0.29) is 41.0 Å². The molecule has 0 aliphatic heterocycles. The van der Waals surface area contributed by atoms with Crippen molar-refractivity contribution in [1.29, 1.82) is 0 Å². The van der Waals surface area contributed by atoms with Crippen molar-refractivity contribution in [2.45, 2.75) is 92.9 Å². The second-order valence-corrected chi connectivity index (χ2v) is 13.4. The number of benzene rings is 2. The highest BCUT2D eigenvalue weighted by Gasteiger charge is 2.62. The number of fused-ring (bicyclic) bond motifs is 2. The summed E-state index contributed by atoms with van der Waals surface area (Å²) >= 11 is 0. The first-order valence-corrected chi connectivity index (χ1v) is 14.6. The molecule has 2 aromatic rings. The molecule has 0 radical (unpaired) electrons. The molecule has 0 aromatic heterocycles. The van der Waals surface area contributed by atoms with E-state index < -0.39 is 11.8 Å². The van der Waals surface area contributed by atoms with Gasteiger partial charge in [0.15, 0.2) is 0 Å². The van der Waals surface area contributed by atoms with Gasteiger partial charge in [-0.25, -0.2) is 0 Å². The van der Waals surface area contributed by atoms with E-state index >= 15 is 0 Å². The number of ether oxygens (including phenoxy) is 2. The van der Waals surface area contributed by atoms with Crippen LogP contribution in [0.2, 0.25) is 0 Å². The largest absolute Gasteiger partial charge is 0.426 e. The normalized spacial score (nSPS) is 23.3. The maximum atomic E-state index is 14.0. The summed E-state index contributed by atoms with van der Waals surface area (Å²) in [5, 5.41) is 0. The zero-order valence-electron chi connectivity index (χ0n) is 25.4. The minimum atomic E-state index is -0.596. The molecule has 2 aromatic carbocycles. The summed E-state index contributed by atoms with van der Waals surface area (Å²) in [6.07, 6.45) is 4.21. The molecule has 0 saturated heterocycles. The first-order valence-electron chi connectivity index (χ1n) is 14.6. The first-order chi connectivity index (χ1) is 18.2. The van der Waals surface area contributed by atoms with Crippen molar-refractivity contribution in [2.24, 2.45) is 29.1 Å². The molecular formula is C35H46O4. The minimum absolute atomic E-state index is 0.0881. The zero-order valence-corrected chi connectivity index (χ0v) is 25.4. The molecule has 2 bridgehead atoms. The Hall–Kier alpha value is -2.88. The van der Waals surface area contributed by atoms with Crippen molar-refractivity contribution in [2.75, 3.05) is 0 Å². The second-order valence-electron chi connectivity index (χ2n) is 13.4. The van der Waals surface area contributed by atoms with Crippen molar-refractivity contribution in [3.05, 3.63) is 70.8 Å². The minimum Gasteiger partial charge on any atom is -0.426 e. The van der Waals surface area contributed by atoms with Crippen LogP contribution in [0.3, 0.4) is 0 Å². The van der Waals surface area contributed by atoms with Crippen LogP contribution in [0.1, 0.15) is 115 Å². The van der Waals surface area contributed by atoms with Gasteiger partial charge in [-0.1, -0.05) is 106 Å². The Morgan fingerprint density at radius 3 is 1.28 bits per heavy atom. The van der Waals surface area contributed by atoms with Gasteiger partial charge in [0.1, 0.15) is 11.5 Å². The number of esters is 2. The fourth-order valence-corrected chi connectivity index (χ4v) is 6.46. The molecule has 0 N–H and O–H groups in total. The highest BCUT2D eigenvalue weighted by molar-refractivity contribution is 5.87. The maximum Gasteiger partial charge on any atom is 0.315 e. The van der Waals surface area contributed by atoms with Crippen molar-refractivity contribution >= 4 is 11.9 Å². The van der Waals surface area contributed by atoms with Crippen molar-refractivity contribution in [3.63, 3.8) is 0 Å². The highest BCUT2D eigenvalue weighted by Crippen LogP contribution is 2.60. The van der Waals surface area contributed by atoms with Crippen LogP contribution >= 0.6 is 0 Å². The Morgan fingerprint density at radius 1 is 0.615 bits per heavy atom. The second kappa shape index (κ2) is 10.9. The zero-order chi connectivity index (χ0) is 28.8. The van der Waals surface area contributed by atoms with E-state index in [4.69, 9.17) is 9.47 Å². The monoisotopic (exact) mass is 530 g/mol. The van der Waals surface area contributed by atoms with Gasteiger partial charge in [0.05, 0.1) is 11.8 Å². The van der Waals surface area contributed by atoms with Crippen LogP contribution in [0.4, 0.5) is 0 Å². The molecule has 2 aliphatic rings. The Balaban J connectivity index is 1.69. The van der Waals surface area contributed by atoms with Gasteiger partial charge in [0.25, 0.3) is 0 Å². The maximum absolute atomic E-state index is 14.0. The number of allylic oxidation sites excluding steroid dienone is 2. The Kier molecular flexibility index (Phi) is 8.17. The van der Waals surface area contributed by atoms with Crippen LogP contribution in [0.25, 0.3) is 0 Å². The summed E-state index contributed by atoms with van der Waals surface area (Å²) < 4.78 is 12.4. The summed E-state index contributed by atoms with van der Waals surface area (Å²) in [6, 6.07) is 12.3. The number of carbonyl (C=O) groups is 2. The van der Waals surface area contributed by atoms with Crippen molar-refractivity contribution in [3.8, 4) is 11.5 Å². The average Bonchev–Trinajstić information content (AvgIpc) is 3.28. The fourth-order valence-electron chi connectivity index (χ4n) is 6.46. The van der Waals surface area contributed by atoms with E-state index in [2.05, 4.69) is 106 Å². The van der Waals surface area contributed by atoms with Gasteiger partial charge in [-0.15, -0.1) is 0 Å². The predicted octanol–water partition coefficient (Wildman–Crippen LogP) is 8.77. The molecule has 4 heteroatoms. The van der Waals surface area contributed by atoms with Crippen LogP contribution in [0.5, 0.6) is 11.5 Å². The Labute approximate surface area is 235 Å².